The van der Waals surface area contributed by atoms with Crippen molar-refractivity contribution in [3.63, 3.8) is 0 Å². The molecule has 1 heterocycles. The lowest BCUT2D eigenvalue weighted by atomic mass is 10.2. The van der Waals surface area contributed by atoms with Crippen molar-refractivity contribution in [1.29, 1.82) is 0 Å². The number of rotatable bonds is 2. The van der Waals surface area contributed by atoms with Crippen LogP contribution in [0.15, 0.2) is 16.6 Å². The summed E-state index contributed by atoms with van der Waals surface area (Å²) >= 11 is 9.68. The molecule has 17 heavy (non-hydrogen) atoms. The molecule has 4 nitrogen and oxygen atoms in total. The monoisotopic (exact) mass is 312 g/mol. The first kappa shape index (κ1) is 11.2. The maximum Gasteiger partial charge on any atom is 0.159 e. The lowest BCUT2D eigenvalue weighted by molar-refractivity contribution is 0.760. The molecule has 0 spiro atoms. The van der Waals surface area contributed by atoms with Crippen molar-refractivity contribution in [1.82, 2.24) is 20.2 Å². The zero-order valence-electron chi connectivity index (χ0n) is 9.19. The maximum atomic E-state index is 6.15. The van der Waals surface area contributed by atoms with Gasteiger partial charge in [-0.05, 0) is 63.8 Å². The molecule has 1 saturated carbocycles. The van der Waals surface area contributed by atoms with E-state index >= 15 is 0 Å². The lowest BCUT2D eigenvalue weighted by Crippen LogP contribution is -2.03. The predicted molar refractivity (Wildman–Crippen MR) is 68.6 cm³/mol. The fourth-order valence-corrected chi connectivity index (χ4v) is 2.54. The van der Waals surface area contributed by atoms with Crippen LogP contribution in [-0.2, 0) is 0 Å². The summed E-state index contributed by atoms with van der Waals surface area (Å²) in [4.78, 5) is 0. The molecule has 0 bridgehead atoms. The van der Waals surface area contributed by atoms with Crippen LogP contribution >= 0.6 is 27.5 Å². The smallest absolute Gasteiger partial charge is 0.159 e. The first-order valence-electron chi connectivity index (χ1n) is 5.41. The molecule has 0 atom stereocenters. The average Bonchev–Trinajstić information content (AvgIpc) is 3.02. The summed E-state index contributed by atoms with van der Waals surface area (Å²) in [6.45, 7) is 1.97. The molecule has 2 aromatic rings. The summed E-state index contributed by atoms with van der Waals surface area (Å²) in [7, 11) is 0. The molecule has 0 N–H and O–H groups in total. The van der Waals surface area contributed by atoms with Gasteiger partial charge in [0.2, 0.25) is 0 Å². The van der Waals surface area contributed by atoms with Crippen LogP contribution < -0.4 is 0 Å². The van der Waals surface area contributed by atoms with Crippen molar-refractivity contribution in [2.45, 2.75) is 25.7 Å². The molecule has 6 heteroatoms. The van der Waals surface area contributed by atoms with Crippen molar-refractivity contribution in [2.75, 3.05) is 0 Å². The van der Waals surface area contributed by atoms with Crippen molar-refractivity contribution < 1.29 is 0 Å². The lowest BCUT2D eigenvalue weighted by Gasteiger charge is -2.08. The van der Waals surface area contributed by atoms with Gasteiger partial charge in [0.25, 0.3) is 0 Å². The highest BCUT2D eigenvalue weighted by Gasteiger charge is 2.30. The Morgan fingerprint density at radius 1 is 1.41 bits per heavy atom. The molecule has 0 saturated heterocycles. The van der Waals surface area contributed by atoms with E-state index in [1.54, 1.807) is 4.68 Å². The minimum Gasteiger partial charge on any atom is -0.196 e. The second-order valence-corrected chi connectivity index (χ2v) is 5.54. The topological polar surface area (TPSA) is 43.6 Å². The quantitative estimate of drug-likeness (QED) is 0.854. The fourth-order valence-electron chi connectivity index (χ4n) is 1.76. The Morgan fingerprint density at radius 2 is 2.18 bits per heavy atom. The van der Waals surface area contributed by atoms with Gasteiger partial charge in [-0.3, -0.25) is 0 Å². The van der Waals surface area contributed by atoms with Crippen LogP contribution in [-0.4, -0.2) is 20.2 Å². The van der Waals surface area contributed by atoms with Gasteiger partial charge in [-0.15, -0.1) is 5.10 Å². The Bertz CT molecular complexity index is 577. The minimum atomic E-state index is 0.497. The van der Waals surface area contributed by atoms with Gasteiger partial charge in [-0.2, -0.15) is 4.68 Å². The number of tetrazole rings is 1. The van der Waals surface area contributed by atoms with Crippen molar-refractivity contribution >= 4 is 27.5 Å². The summed E-state index contributed by atoms with van der Waals surface area (Å²) in [5.41, 5.74) is 1.93. The fraction of sp³-hybridized carbons (Fsp3) is 0.364. The highest BCUT2D eigenvalue weighted by molar-refractivity contribution is 9.10. The number of halogens is 2. The molecule has 1 fully saturated rings. The van der Waals surface area contributed by atoms with Crippen LogP contribution in [0.3, 0.4) is 0 Å². The maximum absolute atomic E-state index is 6.15. The molecule has 3 rings (SSSR count). The summed E-state index contributed by atoms with van der Waals surface area (Å²) < 4.78 is 2.72. The normalized spacial score (nSPS) is 15.2. The van der Waals surface area contributed by atoms with Crippen LogP contribution in [0.25, 0.3) is 5.69 Å². The molecule has 1 aromatic carbocycles. The van der Waals surface area contributed by atoms with E-state index in [0.29, 0.717) is 5.92 Å². The number of hydrogen-bond acceptors (Lipinski definition) is 3. The first-order valence-corrected chi connectivity index (χ1v) is 6.58. The number of aryl methyl sites for hydroxylation is 1. The van der Waals surface area contributed by atoms with Crippen molar-refractivity contribution in [3.05, 3.63) is 33.0 Å². The predicted octanol–water partition coefficient (Wildman–Crippen LogP) is 3.26. The van der Waals surface area contributed by atoms with E-state index < -0.39 is 0 Å². The van der Waals surface area contributed by atoms with E-state index in [4.69, 9.17) is 11.6 Å². The van der Waals surface area contributed by atoms with Gasteiger partial charge >= 0.3 is 0 Å². The van der Waals surface area contributed by atoms with Gasteiger partial charge in [0.15, 0.2) is 5.82 Å². The first-order chi connectivity index (χ1) is 8.16. The second kappa shape index (κ2) is 4.07. The minimum absolute atomic E-state index is 0.497. The number of nitrogens with zero attached hydrogens (tertiary/aromatic N) is 4. The van der Waals surface area contributed by atoms with Crippen LogP contribution in [0.4, 0.5) is 0 Å². The molecular weight excluding hydrogens is 304 g/mol. The van der Waals surface area contributed by atoms with E-state index in [9.17, 15) is 0 Å². The molecule has 88 valence electrons. The molecule has 0 unspecified atom stereocenters. The zero-order valence-corrected chi connectivity index (χ0v) is 11.5. The van der Waals surface area contributed by atoms with E-state index in [-0.39, 0.29) is 0 Å². The summed E-state index contributed by atoms with van der Waals surface area (Å²) in [5, 5.41) is 12.6. The SMILES string of the molecule is Cc1cc(Br)c(-n2nnnc2C2CC2)cc1Cl. The summed E-state index contributed by atoms with van der Waals surface area (Å²) in [6, 6.07) is 3.87. The average molecular weight is 314 g/mol. The molecule has 1 aliphatic carbocycles. The summed E-state index contributed by atoms with van der Waals surface area (Å²) in [6.07, 6.45) is 2.33. The standard InChI is InChI=1S/C11H10BrClN4/c1-6-4-8(12)10(5-9(6)13)17-11(7-2-3-7)14-15-16-17/h4-5,7H,2-3H2,1H3. The van der Waals surface area contributed by atoms with Crippen LogP contribution in [0.5, 0.6) is 0 Å². The molecule has 0 aliphatic heterocycles. The third-order valence-corrected chi connectivity index (χ3v) is 3.93. The van der Waals surface area contributed by atoms with Gasteiger partial charge in [-0.25, -0.2) is 0 Å². The Kier molecular flexibility index (Phi) is 2.67. The largest absolute Gasteiger partial charge is 0.196 e. The molecule has 0 radical (unpaired) electrons. The van der Waals surface area contributed by atoms with E-state index in [0.717, 1.165) is 39.4 Å². The molecule has 1 aliphatic rings. The third kappa shape index (κ3) is 1.98. The van der Waals surface area contributed by atoms with Gasteiger partial charge in [0, 0.05) is 15.4 Å². The zero-order chi connectivity index (χ0) is 12.0. The van der Waals surface area contributed by atoms with Crippen LogP contribution in [0.2, 0.25) is 5.02 Å². The van der Waals surface area contributed by atoms with Crippen LogP contribution in [0.1, 0.15) is 30.1 Å². The van der Waals surface area contributed by atoms with E-state index in [1.807, 2.05) is 19.1 Å². The highest BCUT2D eigenvalue weighted by atomic mass is 79.9. The van der Waals surface area contributed by atoms with Crippen molar-refractivity contribution in [3.8, 4) is 5.69 Å². The molecule has 1 aromatic heterocycles. The third-order valence-electron chi connectivity index (χ3n) is 2.89. The second-order valence-electron chi connectivity index (χ2n) is 4.28. The van der Waals surface area contributed by atoms with Crippen LogP contribution in [0, 0.1) is 6.92 Å². The highest BCUT2D eigenvalue weighted by Crippen LogP contribution is 2.40. The Morgan fingerprint density at radius 3 is 2.88 bits per heavy atom. The van der Waals surface area contributed by atoms with Gasteiger partial charge < -0.3 is 0 Å². The molecule has 0 amide bonds. The Balaban J connectivity index is 2.14. The van der Waals surface area contributed by atoms with E-state index in [1.165, 1.54) is 0 Å². The number of aromatic nitrogens is 4. The van der Waals surface area contributed by atoms with Crippen molar-refractivity contribution in [2.24, 2.45) is 0 Å². The number of hydrogen-bond donors (Lipinski definition) is 0. The van der Waals surface area contributed by atoms with Gasteiger partial charge in [-0.1, -0.05) is 11.6 Å². The summed E-state index contributed by atoms with van der Waals surface area (Å²) in [5.74, 6) is 1.42. The van der Waals surface area contributed by atoms with Gasteiger partial charge in [0.05, 0.1) is 5.69 Å². The Labute approximate surface area is 112 Å². The Hall–Kier alpha value is -0.940. The van der Waals surface area contributed by atoms with Gasteiger partial charge in [0.1, 0.15) is 0 Å². The van der Waals surface area contributed by atoms with E-state index in [2.05, 4.69) is 31.5 Å². The number of benzene rings is 1. The molecular formula is C11H10BrClN4.